The van der Waals surface area contributed by atoms with Crippen molar-refractivity contribution in [2.75, 3.05) is 44.9 Å². The van der Waals surface area contributed by atoms with E-state index in [0.717, 1.165) is 36.4 Å². The van der Waals surface area contributed by atoms with Crippen LogP contribution < -0.4 is 10.6 Å². The van der Waals surface area contributed by atoms with Crippen molar-refractivity contribution >= 4 is 11.4 Å². The quantitative estimate of drug-likeness (QED) is 0.772. The summed E-state index contributed by atoms with van der Waals surface area (Å²) < 4.78 is 0. The largest absolute Gasteiger partial charge is 0.397 e. The molecule has 0 fully saturated rings. The highest BCUT2D eigenvalue weighted by Crippen LogP contribution is 2.24. The molecule has 0 amide bonds. The van der Waals surface area contributed by atoms with Gasteiger partial charge >= 0.3 is 0 Å². The predicted octanol–water partition coefficient (Wildman–Crippen LogP) is 1.97. The van der Waals surface area contributed by atoms with Crippen molar-refractivity contribution in [3.8, 4) is 0 Å². The van der Waals surface area contributed by atoms with E-state index in [9.17, 15) is 0 Å². The van der Waals surface area contributed by atoms with Crippen LogP contribution >= 0.6 is 0 Å². The molecule has 1 aromatic rings. The van der Waals surface area contributed by atoms with Gasteiger partial charge in [0.25, 0.3) is 0 Å². The molecule has 1 aromatic carbocycles. The molecular weight excluding hydrogens is 198 g/mol. The highest BCUT2D eigenvalue weighted by atomic mass is 15.1. The summed E-state index contributed by atoms with van der Waals surface area (Å²) >= 11 is 0. The van der Waals surface area contributed by atoms with E-state index >= 15 is 0 Å². The third-order valence-electron chi connectivity index (χ3n) is 2.81. The Morgan fingerprint density at radius 3 is 2.44 bits per heavy atom. The second-order valence-electron chi connectivity index (χ2n) is 4.59. The molecule has 90 valence electrons. The minimum absolute atomic E-state index is 0.898. The average molecular weight is 221 g/mol. The molecule has 0 radical (unpaired) electrons. The molecule has 0 saturated heterocycles. The van der Waals surface area contributed by atoms with E-state index in [1.807, 2.05) is 13.0 Å². The Bertz CT molecular complexity index is 334. The molecule has 1 rings (SSSR count). The fourth-order valence-electron chi connectivity index (χ4n) is 1.74. The molecule has 3 heteroatoms. The zero-order valence-electron chi connectivity index (χ0n) is 10.8. The third kappa shape index (κ3) is 3.42. The summed E-state index contributed by atoms with van der Waals surface area (Å²) in [6.07, 6.45) is 1.15. The first-order chi connectivity index (χ1) is 7.52. The van der Waals surface area contributed by atoms with Gasteiger partial charge in [-0.3, -0.25) is 0 Å². The molecule has 16 heavy (non-hydrogen) atoms. The van der Waals surface area contributed by atoms with Crippen molar-refractivity contribution in [1.82, 2.24) is 4.90 Å². The maximum Gasteiger partial charge on any atom is 0.0600 e. The SMILES string of the molecule is Cc1cccc(N(C)CCCN(C)C)c1N. The smallest absolute Gasteiger partial charge is 0.0600 e. The van der Waals surface area contributed by atoms with Crippen LogP contribution in [0.1, 0.15) is 12.0 Å². The first-order valence-electron chi connectivity index (χ1n) is 5.73. The van der Waals surface area contributed by atoms with Crippen molar-refractivity contribution in [3.63, 3.8) is 0 Å². The summed E-state index contributed by atoms with van der Waals surface area (Å²) in [6, 6.07) is 6.19. The van der Waals surface area contributed by atoms with Gasteiger partial charge in [-0.05, 0) is 45.6 Å². The van der Waals surface area contributed by atoms with Crippen molar-refractivity contribution in [1.29, 1.82) is 0 Å². The van der Waals surface area contributed by atoms with Crippen molar-refractivity contribution in [3.05, 3.63) is 23.8 Å². The highest BCUT2D eigenvalue weighted by Gasteiger charge is 2.06. The predicted molar refractivity (Wildman–Crippen MR) is 72.0 cm³/mol. The first-order valence-corrected chi connectivity index (χ1v) is 5.73. The third-order valence-corrected chi connectivity index (χ3v) is 2.81. The number of nitrogens with two attached hydrogens (primary N) is 1. The summed E-state index contributed by atoms with van der Waals surface area (Å²) in [5.41, 5.74) is 9.25. The molecule has 0 aromatic heterocycles. The van der Waals surface area contributed by atoms with Crippen LogP contribution in [0.5, 0.6) is 0 Å². The standard InChI is InChI=1S/C13H23N3/c1-11-7-5-8-12(13(11)14)16(4)10-6-9-15(2)3/h5,7-8H,6,9-10,14H2,1-4H3. The Kier molecular flexibility index (Phi) is 4.62. The number of para-hydroxylation sites is 1. The molecule has 0 spiro atoms. The Balaban J connectivity index is 2.59. The molecule has 3 nitrogen and oxygen atoms in total. The molecule has 0 aliphatic rings. The fourth-order valence-corrected chi connectivity index (χ4v) is 1.74. The summed E-state index contributed by atoms with van der Waals surface area (Å²) in [5, 5.41) is 0. The Labute approximate surface area is 98.8 Å². The van der Waals surface area contributed by atoms with E-state index < -0.39 is 0 Å². The number of hydrogen-bond acceptors (Lipinski definition) is 3. The lowest BCUT2D eigenvalue weighted by atomic mass is 10.1. The van der Waals surface area contributed by atoms with Gasteiger partial charge in [0.1, 0.15) is 0 Å². The lowest BCUT2D eigenvalue weighted by Crippen LogP contribution is -2.24. The van der Waals surface area contributed by atoms with E-state index in [4.69, 9.17) is 5.73 Å². The number of hydrogen-bond donors (Lipinski definition) is 1. The molecule has 0 heterocycles. The van der Waals surface area contributed by atoms with E-state index in [1.54, 1.807) is 0 Å². The van der Waals surface area contributed by atoms with Gasteiger partial charge in [-0.15, -0.1) is 0 Å². The Morgan fingerprint density at radius 1 is 1.12 bits per heavy atom. The van der Waals surface area contributed by atoms with Crippen molar-refractivity contribution in [2.45, 2.75) is 13.3 Å². The van der Waals surface area contributed by atoms with E-state index in [1.165, 1.54) is 0 Å². The topological polar surface area (TPSA) is 32.5 Å². The van der Waals surface area contributed by atoms with Gasteiger partial charge in [-0.2, -0.15) is 0 Å². The minimum Gasteiger partial charge on any atom is -0.397 e. The Hall–Kier alpha value is -1.22. The zero-order valence-corrected chi connectivity index (χ0v) is 10.8. The van der Waals surface area contributed by atoms with Crippen LogP contribution in [-0.2, 0) is 0 Å². The van der Waals surface area contributed by atoms with Crippen LogP contribution in [0.25, 0.3) is 0 Å². The number of rotatable bonds is 5. The molecule has 0 saturated carbocycles. The fraction of sp³-hybridized carbons (Fsp3) is 0.538. The summed E-state index contributed by atoms with van der Waals surface area (Å²) in [6.45, 7) is 4.19. The Morgan fingerprint density at radius 2 is 1.81 bits per heavy atom. The van der Waals surface area contributed by atoms with E-state index in [2.05, 4.69) is 43.1 Å². The summed E-state index contributed by atoms with van der Waals surface area (Å²) in [4.78, 5) is 4.43. The number of benzene rings is 1. The van der Waals surface area contributed by atoms with Crippen molar-refractivity contribution < 1.29 is 0 Å². The second-order valence-corrected chi connectivity index (χ2v) is 4.59. The van der Waals surface area contributed by atoms with Gasteiger partial charge in [0.05, 0.1) is 11.4 Å². The lowest BCUT2D eigenvalue weighted by molar-refractivity contribution is 0.402. The second kappa shape index (κ2) is 5.75. The van der Waals surface area contributed by atoms with Gasteiger partial charge in [-0.25, -0.2) is 0 Å². The maximum atomic E-state index is 6.06. The molecule has 0 aliphatic heterocycles. The van der Waals surface area contributed by atoms with Gasteiger partial charge in [-0.1, -0.05) is 12.1 Å². The maximum absolute atomic E-state index is 6.06. The normalized spacial score (nSPS) is 10.8. The van der Waals surface area contributed by atoms with Crippen LogP contribution in [0, 0.1) is 6.92 Å². The van der Waals surface area contributed by atoms with E-state index in [-0.39, 0.29) is 0 Å². The minimum atomic E-state index is 0.898. The number of aryl methyl sites for hydroxylation is 1. The number of nitrogen functional groups attached to an aromatic ring is 1. The van der Waals surface area contributed by atoms with Crippen LogP contribution in [0.4, 0.5) is 11.4 Å². The number of anilines is 2. The van der Waals surface area contributed by atoms with Crippen LogP contribution in [0.2, 0.25) is 0 Å². The monoisotopic (exact) mass is 221 g/mol. The number of nitrogens with zero attached hydrogens (tertiary/aromatic N) is 2. The van der Waals surface area contributed by atoms with E-state index in [0.29, 0.717) is 0 Å². The molecule has 2 N–H and O–H groups in total. The molecule has 0 bridgehead atoms. The van der Waals surface area contributed by atoms with Crippen LogP contribution in [-0.4, -0.2) is 39.1 Å². The van der Waals surface area contributed by atoms with Gasteiger partial charge in [0, 0.05) is 13.6 Å². The van der Waals surface area contributed by atoms with Crippen LogP contribution in [0.15, 0.2) is 18.2 Å². The van der Waals surface area contributed by atoms with Gasteiger partial charge in [0.15, 0.2) is 0 Å². The zero-order chi connectivity index (χ0) is 12.1. The molecule has 0 atom stereocenters. The summed E-state index contributed by atoms with van der Waals surface area (Å²) in [7, 11) is 6.29. The highest BCUT2D eigenvalue weighted by molar-refractivity contribution is 5.70. The molecular formula is C13H23N3. The van der Waals surface area contributed by atoms with Crippen molar-refractivity contribution in [2.24, 2.45) is 0 Å². The van der Waals surface area contributed by atoms with Gasteiger partial charge in [0.2, 0.25) is 0 Å². The average Bonchev–Trinajstić information content (AvgIpc) is 2.21. The molecule has 0 aliphatic carbocycles. The van der Waals surface area contributed by atoms with Crippen LogP contribution in [0.3, 0.4) is 0 Å². The lowest BCUT2D eigenvalue weighted by Gasteiger charge is -2.22. The summed E-state index contributed by atoms with van der Waals surface area (Å²) in [5.74, 6) is 0. The van der Waals surface area contributed by atoms with Gasteiger partial charge < -0.3 is 15.5 Å². The molecule has 0 unspecified atom stereocenters. The first kappa shape index (κ1) is 12.8.